The maximum atomic E-state index is 5.97. The molecule has 0 bridgehead atoms. The summed E-state index contributed by atoms with van der Waals surface area (Å²) in [5.41, 5.74) is 0.321. The topological polar surface area (TPSA) is 24.5 Å². The van der Waals surface area contributed by atoms with E-state index in [2.05, 4.69) is 31.0 Å². The number of nitrogens with zero attached hydrogens (tertiary/aromatic N) is 1. The summed E-state index contributed by atoms with van der Waals surface area (Å²) >= 11 is 0. The van der Waals surface area contributed by atoms with Crippen LogP contribution < -0.4 is 5.32 Å². The SMILES string of the molecule is CCN(CCNC1C2CCCOC2C1(C)C)C1CC1. The lowest BCUT2D eigenvalue weighted by Gasteiger charge is -2.60. The van der Waals surface area contributed by atoms with Crippen LogP contribution in [0.1, 0.15) is 46.5 Å². The fraction of sp³-hybridized carbons (Fsp3) is 1.00. The molecular weight excluding hydrogens is 236 g/mol. The second kappa shape index (κ2) is 5.34. The number of rotatable bonds is 6. The van der Waals surface area contributed by atoms with Gasteiger partial charge in [-0.25, -0.2) is 0 Å². The Labute approximate surface area is 118 Å². The summed E-state index contributed by atoms with van der Waals surface area (Å²) in [6.07, 6.45) is 5.94. The summed E-state index contributed by atoms with van der Waals surface area (Å²) < 4.78 is 5.97. The molecule has 0 aromatic heterocycles. The average Bonchev–Trinajstić information content (AvgIpc) is 3.23. The summed E-state index contributed by atoms with van der Waals surface area (Å²) in [7, 11) is 0. The van der Waals surface area contributed by atoms with E-state index in [0.29, 0.717) is 17.6 Å². The van der Waals surface area contributed by atoms with Gasteiger partial charge in [0.2, 0.25) is 0 Å². The van der Waals surface area contributed by atoms with E-state index in [1.165, 1.54) is 38.8 Å². The van der Waals surface area contributed by atoms with Crippen molar-refractivity contribution in [3.8, 4) is 0 Å². The van der Waals surface area contributed by atoms with Gasteiger partial charge in [0.25, 0.3) is 0 Å². The monoisotopic (exact) mass is 266 g/mol. The molecule has 1 saturated heterocycles. The van der Waals surface area contributed by atoms with E-state index in [1.807, 2.05) is 0 Å². The highest BCUT2D eigenvalue weighted by Crippen LogP contribution is 2.51. The van der Waals surface area contributed by atoms with Crippen LogP contribution in [0.4, 0.5) is 0 Å². The Morgan fingerprint density at radius 2 is 2.05 bits per heavy atom. The number of likely N-dealkylation sites (N-methyl/N-ethyl adjacent to an activating group) is 1. The van der Waals surface area contributed by atoms with Gasteiger partial charge in [0, 0.05) is 43.1 Å². The van der Waals surface area contributed by atoms with Crippen molar-refractivity contribution in [2.24, 2.45) is 11.3 Å². The van der Waals surface area contributed by atoms with Crippen LogP contribution in [0.15, 0.2) is 0 Å². The minimum Gasteiger partial charge on any atom is -0.377 e. The van der Waals surface area contributed by atoms with Gasteiger partial charge in [0.1, 0.15) is 0 Å². The van der Waals surface area contributed by atoms with Crippen molar-refractivity contribution in [3.05, 3.63) is 0 Å². The molecule has 0 amide bonds. The molecule has 1 heterocycles. The first-order valence-corrected chi connectivity index (χ1v) is 8.23. The second-order valence-electron chi connectivity index (χ2n) is 7.21. The first kappa shape index (κ1) is 13.8. The maximum Gasteiger partial charge on any atom is 0.0684 e. The van der Waals surface area contributed by atoms with Crippen LogP contribution in [0.3, 0.4) is 0 Å². The second-order valence-corrected chi connectivity index (χ2v) is 7.21. The van der Waals surface area contributed by atoms with E-state index in [1.54, 1.807) is 0 Å². The number of hydrogen-bond acceptors (Lipinski definition) is 3. The third-order valence-electron chi connectivity index (χ3n) is 5.56. The highest BCUT2D eigenvalue weighted by molar-refractivity contribution is 5.10. The molecule has 3 aliphatic rings. The number of nitrogens with one attached hydrogen (secondary N) is 1. The van der Waals surface area contributed by atoms with Crippen molar-refractivity contribution in [2.75, 3.05) is 26.2 Å². The average molecular weight is 266 g/mol. The van der Waals surface area contributed by atoms with Crippen LogP contribution in [0, 0.1) is 11.3 Å². The third-order valence-corrected chi connectivity index (χ3v) is 5.56. The Balaban J connectivity index is 1.46. The molecule has 0 aromatic rings. The lowest BCUT2D eigenvalue weighted by atomic mass is 9.55. The molecule has 1 aliphatic heterocycles. The Morgan fingerprint density at radius 3 is 2.74 bits per heavy atom. The molecule has 19 heavy (non-hydrogen) atoms. The van der Waals surface area contributed by atoms with Crippen LogP contribution >= 0.6 is 0 Å². The predicted molar refractivity (Wildman–Crippen MR) is 78.3 cm³/mol. The van der Waals surface area contributed by atoms with Crippen molar-refractivity contribution in [2.45, 2.75) is 64.6 Å². The van der Waals surface area contributed by atoms with E-state index < -0.39 is 0 Å². The van der Waals surface area contributed by atoms with Gasteiger partial charge < -0.3 is 10.1 Å². The first-order valence-electron chi connectivity index (χ1n) is 8.23. The normalized spacial score (nSPS) is 36.9. The molecule has 3 rings (SSSR count). The Kier molecular flexibility index (Phi) is 3.89. The molecule has 3 fully saturated rings. The fourth-order valence-electron chi connectivity index (χ4n) is 4.34. The number of ether oxygens (including phenoxy) is 1. The molecule has 2 saturated carbocycles. The Morgan fingerprint density at radius 1 is 1.26 bits per heavy atom. The minimum atomic E-state index is 0.321. The molecule has 0 aromatic carbocycles. The molecule has 3 unspecified atom stereocenters. The highest BCUT2D eigenvalue weighted by Gasteiger charge is 2.57. The van der Waals surface area contributed by atoms with Crippen molar-refractivity contribution in [1.82, 2.24) is 10.2 Å². The molecule has 110 valence electrons. The van der Waals surface area contributed by atoms with Crippen LogP contribution in [-0.2, 0) is 4.74 Å². The van der Waals surface area contributed by atoms with Crippen LogP contribution in [-0.4, -0.2) is 49.3 Å². The quantitative estimate of drug-likeness (QED) is 0.798. The smallest absolute Gasteiger partial charge is 0.0684 e. The largest absolute Gasteiger partial charge is 0.377 e. The van der Waals surface area contributed by atoms with Crippen molar-refractivity contribution < 1.29 is 4.74 Å². The first-order chi connectivity index (χ1) is 9.14. The van der Waals surface area contributed by atoms with Gasteiger partial charge >= 0.3 is 0 Å². The molecule has 1 N–H and O–H groups in total. The van der Waals surface area contributed by atoms with E-state index in [4.69, 9.17) is 4.74 Å². The lowest BCUT2D eigenvalue weighted by molar-refractivity contribution is -0.192. The van der Waals surface area contributed by atoms with E-state index >= 15 is 0 Å². The summed E-state index contributed by atoms with van der Waals surface area (Å²) in [5, 5.41) is 3.83. The summed E-state index contributed by atoms with van der Waals surface area (Å²) in [6, 6.07) is 1.56. The standard InChI is InChI=1S/C16H30N2O/c1-4-18(12-7-8-12)10-9-17-14-13-6-5-11-19-15(13)16(14,2)3/h12-15,17H,4-11H2,1-3H3. The highest BCUT2D eigenvalue weighted by atomic mass is 16.5. The third kappa shape index (κ3) is 2.57. The van der Waals surface area contributed by atoms with Gasteiger partial charge in [-0.05, 0) is 32.2 Å². The minimum absolute atomic E-state index is 0.321. The van der Waals surface area contributed by atoms with Gasteiger partial charge in [-0.3, -0.25) is 4.90 Å². The fourth-order valence-corrected chi connectivity index (χ4v) is 4.34. The van der Waals surface area contributed by atoms with Crippen LogP contribution in [0.2, 0.25) is 0 Å². The van der Waals surface area contributed by atoms with E-state index in [9.17, 15) is 0 Å². The molecule has 0 radical (unpaired) electrons. The van der Waals surface area contributed by atoms with Gasteiger partial charge in [0.15, 0.2) is 0 Å². The molecule has 3 nitrogen and oxygen atoms in total. The van der Waals surface area contributed by atoms with Gasteiger partial charge in [0.05, 0.1) is 6.10 Å². The van der Waals surface area contributed by atoms with Gasteiger partial charge in [-0.1, -0.05) is 20.8 Å². The van der Waals surface area contributed by atoms with Crippen molar-refractivity contribution >= 4 is 0 Å². The Bertz CT molecular complexity index is 314. The van der Waals surface area contributed by atoms with Crippen molar-refractivity contribution in [1.29, 1.82) is 0 Å². The summed E-state index contributed by atoms with van der Waals surface area (Å²) in [4.78, 5) is 2.63. The zero-order valence-corrected chi connectivity index (χ0v) is 12.8. The maximum absolute atomic E-state index is 5.97. The zero-order chi connectivity index (χ0) is 13.5. The van der Waals surface area contributed by atoms with Crippen LogP contribution in [0.5, 0.6) is 0 Å². The lowest BCUT2D eigenvalue weighted by Crippen LogP contribution is -2.69. The molecule has 2 aliphatic carbocycles. The Hall–Kier alpha value is -0.120. The van der Waals surface area contributed by atoms with Crippen LogP contribution in [0.25, 0.3) is 0 Å². The summed E-state index contributed by atoms with van der Waals surface area (Å²) in [5.74, 6) is 0.764. The zero-order valence-electron chi connectivity index (χ0n) is 12.8. The number of hydrogen-bond donors (Lipinski definition) is 1. The number of fused-ring (bicyclic) bond motifs is 1. The predicted octanol–water partition coefficient (Wildman–Crippen LogP) is 2.26. The van der Waals surface area contributed by atoms with Gasteiger partial charge in [-0.15, -0.1) is 0 Å². The van der Waals surface area contributed by atoms with E-state index in [0.717, 1.165) is 25.1 Å². The summed E-state index contributed by atoms with van der Waals surface area (Å²) in [6.45, 7) is 11.6. The molecule has 0 spiro atoms. The van der Waals surface area contributed by atoms with Crippen molar-refractivity contribution in [3.63, 3.8) is 0 Å². The molecule has 3 heteroatoms. The molecule has 3 atom stereocenters. The molecular formula is C16H30N2O. The van der Waals surface area contributed by atoms with E-state index in [-0.39, 0.29) is 0 Å². The van der Waals surface area contributed by atoms with Gasteiger partial charge in [-0.2, -0.15) is 0 Å².